The van der Waals surface area contributed by atoms with E-state index in [9.17, 15) is 23.1 Å². The van der Waals surface area contributed by atoms with Crippen LogP contribution >= 0.6 is 0 Å². The lowest BCUT2D eigenvalue weighted by Gasteiger charge is -2.23. The highest BCUT2D eigenvalue weighted by molar-refractivity contribution is 6.11. The number of alkyl halides is 3. The van der Waals surface area contributed by atoms with Gasteiger partial charge in [-0.05, 0) is 17.7 Å². The average molecular weight is 422 g/mol. The number of carbonyl (C=O) groups excluding carboxylic acids is 1. The fourth-order valence-electron chi connectivity index (χ4n) is 4.32. The molecule has 156 valence electrons. The molecule has 1 aromatic heterocycles. The van der Waals surface area contributed by atoms with Crippen LogP contribution in [0.5, 0.6) is 0 Å². The molecule has 7 heteroatoms. The number of hydrogen-bond donors (Lipinski definition) is 2. The summed E-state index contributed by atoms with van der Waals surface area (Å²) in [5.41, 5.74) is -2.03. The maximum Gasteiger partial charge on any atom is 0.418 e. The fourth-order valence-corrected chi connectivity index (χ4v) is 4.32. The van der Waals surface area contributed by atoms with E-state index in [1.807, 2.05) is 0 Å². The van der Waals surface area contributed by atoms with Gasteiger partial charge in [-0.15, -0.1) is 0 Å². The number of anilines is 1. The van der Waals surface area contributed by atoms with Crippen molar-refractivity contribution >= 4 is 22.5 Å². The van der Waals surface area contributed by atoms with E-state index in [1.165, 1.54) is 18.3 Å². The number of carbonyl (C=O) groups is 1. The number of amides is 1. The Balaban J connectivity index is 1.77. The third kappa shape index (κ3) is 2.84. The summed E-state index contributed by atoms with van der Waals surface area (Å²) in [5, 5.41) is 12.3. The van der Waals surface area contributed by atoms with E-state index in [-0.39, 0.29) is 23.4 Å². The summed E-state index contributed by atoms with van der Waals surface area (Å²) < 4.78 is 41.7. The molecule has 0 aliphatic carbocycles. The third-order valence-corrected chi connectivity index (χ3v) is 5.72. The van der Waals surface area contributed by atoms with Gasteiger partial charge in [0.15, 0.2) is 5.60 Å². The van der Waals surface area contributed by atoms with E-state index < -0.39 is 23.2 Å². The number of benzene rings is 3. The van der Waals surface area contributed by atoms with Gasteiger partial charge in [0, 0.05) is 28.2 Å². The van der Waals surface area contributed by atoms with Crippen molar-refractivity contribution in [3.63, 3.8) is 0 Å². The molecule has 0 radical (unpaired) electrons. The first-order valence-electron chi connectivity index (χ1n) is 9.67. The topological polar surface area (TPSA) is 56.3 Å². The van der Waals surface area contributed by atoms with Crippen LogP contribution in [0, 0.1) is 0 Å². The molecule has 1 aliphatic rings. The molecule has 0 fully saturated rings. The molecule has 3 aromatic carbocycles. The van der Waals surface area contributed by atoms with Gasteiger partial charge in [0.1, 0.15) is 0 Å². The molecule has 1 amide bonds. The molecule has 0 spiro atoms. The highest BCUT2D eigenvalue weighted by Gasteiger charge is 2.55. The monoisotopic (exact) mass is 422 g/mol. The number of rotatable bonds is 3. The van der Waals surface area contributed by atoms with Crippen molar-refractivity contribution in [3.8, 4) is 0 Å². The smallest absolute Gasteiger partial charge is 0.372 e. The summed E-state index contributed by atoms with van der Waals surface area (Å²) in [6.07, 6.45) is -3.20. The molecule has 2 N–H and O–H groups in total. The number of hydrogen-bond acceptors (Lipinski definition) is 2. The van der Waals surface area contributed by atoms with Crippen LogP contribution in [0.25, 0.3) is 10.9 Å². The molecule has 0 saturated heterocycles. The van der Waals surface area contributed by atoms with Gasteiger partial charge in [0.25, 0.3) is 5.91 Å². The van der Waals surface area contributed by atoms with Crippen LogP contribution in [0.4, 0.5) is 18.9 Å². The lowest BCUT2D eigenvalue weighted by atomic mass is 9.86. The SMILES string of the molecule is O=C1N(Cc2ccccc2)c2c(C(F)(F)F)cccc2C1(O)c1c[nH]c2ccccc12. The zero-order valence-electron chi connectivity index (χ0n) is 16.1. The standard InChI is InChI=1S/C24H17F3N2O2/c25-24(26,27)18-11-6-10-17-21(18)29(14-15-7-2-1-3-8-15)22(30)23(17,31)19-13-28-20-12-5-4-9-16(19)20/h1-13,28,31H,14H2. The molecule has 5 rings (SSSR count). The van der Waals surface area contributed by atoms with Crippen molar-refractivity contribution < 1.29 is 23.1 Å². The highest BCUT2D eigenvalue weighted by atomic mass is 19.4. The third-order valence-electron chi connectivity index (χ3n) is 5.72. The van der Waals surface area contributed by atoms with Gasteiger partial charge in [-0.25, -0.2) is 0 Å². The van der Waals surface area contributed by atoms with E-state index in [0.717, 1.165) is 11.0 Å². The van der Waals surface area contributed by atoms with E-state index in [0.29, 0.717) is 16.5 Å². The van der Waals surface area contributed by atoms with Crippen molar-refractivity contribution in [1.82, 2.24) is 4.98 Å². The Morgan fingerprint density at radius 3 is 2.35 bits per heavy atom. The minimum Gasteiger partial charge on any atom is -0.372 e. The number of para-hydroxylation sites is 2. The lowest BCUT2D eigenvalue weighted by molar-refractivity contribution is -0.137. The van der Waals surface area contributed by atoms with Crippen molar-refractivity contribution in [2.75, 3.05) is 4.90 Å². The van der Waals surface area contributed by atoms with Gasteiger partial charge in [0.2, 0.25) is 0 Å². The van der Waals surface area contributed by atoms with Crippen molar-refractivity contribution in [2.24, 2.45) is 0 Å². The first kappa shape index (κ1) is 19.4. The van der Waals surface area contributed by atoms with Crippen LogP contribution in [-0.4, -0.2) is 16.0 Å². The number of H-pyrrole nitrogens is 1. The van der Waals surface area contributed by atoms with Crippen molar-refractivity contribution in [2.45, 2.75) is 18.3 Å². The summed E-state index contributed by atoms with van der Waals surface area (Å²) >= 11 is 0. The number of aromatic nitrogens is 1. The lowest BCUT2D eigenvalue weighted by Crippen LogP contribution is -2.41. The van der Waals surface area contributed by atoms with Gasteiger partial charge < -0.3 is 15.0 Å². The molecular formula is C24H17F3N2O2. The molecule has 1 aliphatic heterocycles. The number of nitrogens with zero attached hydrogens (tertiary/aromatic N) is 1. The van der Waals surface area contributed by atoms with Crippen LogP contribution in [0.3, 0.4) is 0 Å². The number of halogens is 3. The molecule has 31 heavy (non-hydrogen) atoms. The minimum atomic E-state index is -4.69. The Kier molecular flexibility index (Phi) is 4.20. The fraction of sp³-hybridized carbons (Fsp3) is 0.125. The van der Waals surface area contributed by atoms with E-state index in [1.54, 1.807) is 54.6 Å². The van der Waals surface area contributed by atoms with E-state index in [2.05, 4.69) is 4.98 Å². The molecule has 1 unspecified atom stereocenters. The summed E-state index contributed by atoms with van der Waals surface area (Å²) in [5.74, 6) is -0.812. The van der Waals surface area contributed by atoms with Crippen molar-refractivity contribution in [3.05, 3.63) is 101 Å². The quantitative estimate of drug-likeness (QED) is 0.490. The second-order valence-electron chi connectivity index (χ2n) is 7.53. The largest absolute Gasteiger partial charge is 0.418 e. The zero-order chi connectivity index (χ0) is 21.8. The van der Waals surface area contributed by atoms with Crippen LogP contribution in [0.1, 0.15) is 22.3 Å². The number of aromatic amines is 1. The Hall–Kier alpha value is -3.58. The first-order chi connectivity index (χ1) is 14.8. The highest BCUT2D eigenvalue weighted by Crippen LogP contribution is 2.51. The summed E-state index contributed by atoms with van der Waals surface area (Å²) in [7, 11) is 0. The van der Waals surface area contributed by atoms with Gasteiger partial charge in [-0.1, -0.05) is 60.7 Å². The Labute approximate surface area is 175 Å². The van der Waals surface area contributed by atoms with Crippen LogP contribution in [-0.2, 0) is 23.1 Å². The second-order valence-corrected chi connectivity index (χ2v) is 7.53. The van der Waals surface area contributed by atoms with Gasteiger partial charge in [-0.3, -0.25) is 4.79 Å². The maximum atomic E-state index is 13.9. The van der Waals surface area contributed by atoms with Crippen molar-refractivity contribution in [1.29, 1.82) is 0 Å². The van der Waals surface area contributed by atoms with Gasteiger partial charge in [-0.2, -0.15) is 13.2 Å². The molecule has 0 bridgehead atoms. The van der Waals surface area contributed by atoms with E-state index in [4.69, 9.17) is 0 Å². The van der Waals surface area contributed by atoms with Gasteiger partial charge >= 0.3 is 6.18 Å². The Morgan fingerprint density at radius 2 is 1.61 bits per heavy atom. The first-order valence-corrected chi connectivity index (χ1v) is 9.67. The number of fused-ring (bicyclic) bond motifs is 2. The molecule has 2 heterocycles. The molecule has 4 aromatic rings. The van der Waals surface area contributed by atoms with Crippen LogP contribution < -0.4 is 4.90 Å². The molecule has 4 nitrogen and oxygen atoms in total. The normalized spacial score (nSPS) is 18.6. The van der Waals surface area contributed by atoms with Gasteiger partial charge in [0.05, 0.1) is 17.8 Å². The van der Waals surface area contributed by atoms with Crippen LogP contribution in [0.2, 0.25) is 0 Å². The zero-order valence-corrected chi connectivity index (χ0v) is 16.1. The van der Waals surface area contributed by atoms with Crippen LogP contribution in [0.15, 0.2) is 79.0 Å². The number of nitrogens with one attached hydrogen (secondary N) is 1. The van der Waals surface area contributed by atoms with E-state index >= 15 is 0 Å². The molecule has 1 atom stereocenters. The predicted molar refractivity (Wildman–Crippen MR) is 110 cm³/mol. The summed E-state index contributed by atoms with van der Waals surface area (Å²) in [4.78, 5) is 17.6. The molecule has 0 saturated carbocycles. The average Bonchev–Trinajstić information content (AvgIpc) is 3.28. The Bertz CT molecular complexity index is 1300. The minimum absolute atomic E-state index is 0.0759. The Morgan fingerprint density at radius 1 is 0.903 bits per heavy atom. The summed E-state index contributed by atoms with van der Waals surface area (Å²) in [6, 6.07) is 19.3. The maximum absolute atomic E-state index is 13.9. The molecular weight excluding hydrogens is 405 g/mol. The predicted octanol–water partition coefficient (Wildman–Crippen LogP) is 4.97. The second kappa shape index (κ2) is 6.72. The number of aliphatic hydroxyl groups is 1. The summed E-state index contributed by atoms with van der Waals surface area (Å²) in [6.45, 7) is -0.0928.